The van der Waals surface area contributed by atoms with Gasteiger partial charge >= 0.3 is 0 Å². The Labute approximate surface area is 123 Å². The maximum Gasteiger partial charge on any atom is 0.137 e. The molecule has 1 aromatic rings. The van der Waals surface area contributed by atoms with Crippen molar-refractivity contribution < 1.29 is 0 Å². The molecule has 0 amide bonds. The molecular formula is C16H30N4. The molecule has 0 aliphatic carbocycles. The van der Waals surface area contributed by atoms with E-state index in [4.69, 9.17) is 5.73 Å². The largest absolute Gasteiger partial charge is 0.383 e. The third kappa shape index (κ3) is 4.09. The molecule has 114 valence electrons. The molecule has 0 radical (unpaired) electrons. The molecule has 0 saturated heterocycles. The molecule has 0 spiro atoms. The van der Waals surface area contributed by atoms with Crippen LogP contribution in [0.5, 0.6) is 0 Å². The minimum absolute atomic E-state index is 0.516. The zero-order valence-electron chi connectivity index (χ0n) is 13.7. The predicted octanol–water partition coefficient (Wildman–Crippen LogP) is 3.66. The third-order valence-corrected chi connectivity index (χ3v) is 3.67. The second-order valence-electron chi connectivity index (χ2n) is 5.83. The Morgan fingerprint density at radius 2 is 1.80 bits per heavy atom. The lowest BCUT2D eigenvalue weighted by atomic mass is 10.0. The zero-order valence-corrected chi connectivity index (χ0v) is 13.7. The van der Waals surface area contributed by atoms with Gasteiger partial charge in [0.25, 0.3) is 0 Å². The van der Waals surface area contributed by atoms with E-state index < -0.39 is 0 Å². The first-order chi connectivity index (χ1) is 9.54. The van der Waals surface area contributed by atoms with E-state index in [1.165, 1.54) is 0 Å². The Hall–Kier alpha value is -1.32. The first-order valence-electron chi connectivity index (χ1n) is 7.90. The Balaban J connectivity index is 3.21. The van der Waals surface area contributed by atoms with E-state index in [2.05, 4.69) is 49.5 Å². The van der Waals surface area contributed by atoms with Crippen molar-refractivity contribution in [1.29, 1.82) is 0 Å². The van der Waals surface area contributed by atoms with Crippen molar-refractivity contribution in [3.8, 4) is 0 Å². The Bertz CT molecular complexity index is 399. The summed E-state index contributed by atoms with van der Waals surface area (Å²) in [6, 6.07) is 0.516. The van der Waals surface area contributed by atoms with Gasteiger partial charge in [-0.1, -0.05) is 41.0 Å². The van der Waals surface area contributed by atoms with Gasteiger partial charge in [0.15, 0.2) is 0 Å². The summed E-state index contributed by atoms with van der Waals surface area (Å²) in [4.78, 5) is 11.2. The van der Waals surface area contributed by atoms with Crippen molar-refractivity contribution in [2.75, 3.05) is 17.2 Å². The second-order valence-corrected chi connectivity index (χ2v) is 5.83. The summed E-state index contributed by atoms with van der Waals surface area (Å²) >= 11 is 0. The fourth-order valence-corrected chi connectivity index (χ4v) is 2.68. The molecule has 1 aromatic heterocycles. The summed E-state index contributed by atoms with van der Waals surface area (Å²) < 4.78 is 0. The number of rotatable bonds is 8. The molecular weight excluding hydrogens is 248 g/mol. The Morgan fingerprint density at radius 1 is 1.15 bits per heavy atom. The van der Waals surface area contributed by atoms with Crippen LogP contribution in [0, 0.1) is 5.92 Å². The van der Waals surface area contributed by atoms with Crippen LogP contribution < -0.4 is 10.6 Å². The standard InChI is InChI=1S/C16H30N4/c1-6-9-14-15(17)18-11-19-16(14)20(10-12(4)5)13(7-2)8-3/h11-13H,6-10H2,1-5H3,(H2,17,18,19). The van der Waals surface area contributed by atoms with E-state index in [0.717, 1.165) is 43.6 Å². The topological polar surface area (TPSA) is 55.0 Å². The number of nitrogens with zero attached hydrogens (tertiary/aromatic N) is 3. The van der Waals surface area contributed by atoms with Crippen LogP contribution in [0.3, 0.4) is 0 Å². The summed E-state index contributed by atoms with van der Waals surface area (Å²) in [6.07, 6.45) is 5.84. The molecule has 0 aliphatic rings. The van der Waals surface area contributed by atoms with E-state index in [-0.39, 0.29) is 0 Å². The van der Waals surface area contributed by atoms with Crippen LogP contribution >= 0.6 is 0 Å². The Morgan fingerprint density at radius 3 is 2.30 bits per heavy atom. The van der Waals surface area contributed by atoms with Crippen molar-refractivity contribution in [3.05, 3.63) is 11.9 Å². The van der Waals surface area contributed by atoms with E-state index in [9.17, 15) is 0 Å². The number of nitrogen functional groups attached to an aromatic ring is 1. The number of anilines is 2. The van der Waals surface area contributed by atoms with Crippen molar-refractivity contribution in [1.82, 2.24) is 9.97 Å². The van der Waals surface area contributed by atoms with Crippen molar-refractivity contribution in [2.24, 2.45) is 5.92 Å². The molecule has 1 rings (SSSR count). The molecule has 4 heteroatoms. The van der Waals surface area contributed by atoms with Crippen LogP contribution in [0.2, 0.25) is 0 Å². The molecule has 0 aliphatic heterocycles. The van der Waals surface area contributed by atoms with Gasteiger partial charge in [0.05, 0.1) is 0 Å². The van der Waals surface area contributed by atoms with E-state index in [1.807, 2.05) is 0 Å². The van der Waals surface area contributed by atoms with Gasteiger partial charge in [0, 0.05) is 18.2 Å². The van der Waals surface area contributed by atoms with Gasteiger partial charge in [-0.15, -0.1) is 0 Å². The molecule has 0 bridgehead atoms. The van der Waals surface area contributed by atoms with Crippen LogP contribution in [0.1, 0.15) is 59.4 Å². The first-order valence-corrected chi connectivity index (χ1v) is 7.90. The van der Waals surface area contributed by atoms with Crippen LogP contribution in [-0.4, -0.2) is 22.6 Å². The van der Waals surface area contributed by atoms with Gasteiger partial charge in [0.1, 0.15) is 18.0 Å². The number of hydrogen-bond donors (Lipinski definition) is 1. The van der Waals surface area contributed by atoms with Crippen LogP contribution in [-0.2, 0) is 6.42 Å². The highest BCUT2D eigenvalue weighted by Crippen LogP contribution is 2.27. The number of aromatic nitrogens is 2. The van der Waals surface area contributed by atoms with Gasteiger partial charge in [-0.3, -0.25) is 0 Å². The summed E-state index contributed by atoms with van der Waals surface area (Å²) in [6.45, 7) is 12.2. The maximum absolute atomic E-state index is 6.08. The summed E-state index contributed by atoms with van der Waals surface area (Å²) in [5.41, 5.74) is 7.19. The SMILES string of the molecule is CCCc1c(N)ncnc1N(CC(C)C)C(CC)CC. The fourth-order valence-electron chi connectivity index (χ4n) is 2.68. The van der Waals surface area contributed by atoms with Crippen LogP contribution in [0.25, 0.3) is 0 Å². The smallest absolute Gasteiger partial charge is 0.137 e. The van der Waals surface area contributed by atoms with Gasteiger partial charge < -0.3 is 10.6 Å². The van der Waals surface area contributed by atoms with Gasteiger partial charge in [-0.05, 0) is 25.2 Å². The molecule has 1 heterocycles. The van der Waals surface area contributed by atoms with Crippen molar-refractivity contribution in [3.63, 3.8) is 0 Å². The molecule has 4 nitrogen and oxygen atoms in total. The number of nitrogens with two attached hydrogens (primary N) is 1. The lowest BCUT2D eigenvalue weighted by Crippen LogP contribution is -2.38. The van der Waals surface area contributed by atoms with Gasteiger partial charge in [0.2, 0.25) is 0 Å². The molecule has 0 aromatic carbocycles. The second kappa shape index (κ2) is 8.08. The number of hydrogen-bond acceptors (Lipinski definition) is 4. The third-order valence-electron chi connectivity index (χ3n) is 3.67. The lowest BCUT2D eigenvalue weighted by molar-refractivity contribution is 0.501. The van der Waals surface area contributed by atoms with Crippen LogP contribution in [0.15, 0.2) is 6.33 Å². The molecule has 0 atom stereocenters. The lowest BCUT2D eigenvalue weighted by Gasteiger charge is -2.34. The highest BCUT2D eigenvalue weighted by molar-refractivity contribution is 5.57. The molecule has 20 heavy (non-hydrogen) atoms. The Kier molecular flexibility index (Phi) is 6.76. The molecule has 0 fully saturated rings. The average Bonchev–Trinajstić information content (AvgIpc) is 2.41. The minimum atomic E-state index is 0.516. The monoisotopic (exact) mass is 278 g/mol. The molecule has 0 saturated carbocycles. The van der Waals surface area contributed by atoms with Crippen LogP contribution in [0.4, 0.5) is 11.6 Å². The highest BCUT2D eigenvalue weighted by atomic mass is 15.2. The molecule has 0 unspecified atom stereocenters. The predicted molar refractivity (Wildman–Crippen MR) is 87.0 cm³/mol. The molecule has 2 N–H and O–H groups in total. The van der Waals surface area contributed by atoms with Gasteiger partial charge in [-0.2, -0.15) is 0 Å². The maximum atomic E-state index is 6.08. The summed E-state index contributed by atoms with van der Waals surface area (Å²) in [5, 5.41) is 0. The van der Waals surface area contributed by atoms with E-state index in [1.54, 1.807) is 6.33 Å². The quantitative estimate of drug-likeness (QED) is 0.788. The zero-order chi connectivity index (χ0) is 15.1. The van der Waals surface area contributed by atoms with E-state index in [0.29, 0.717) is 17.8 Å². The van der Waals surface area contributed by atoms with Crippen molar-refractivity contribution in [2.45, 2.75) is 66.3 Å². The van der Waals surface area contributed by atoms with Gasteiger partial charge in [-0.25, -0.2) is 9.97 Å². The normalized spacial score (nSPS) is 11.3. The summed E-state index contributed by atoms with van der Waals surface area (Å²) in [5.74, 6) is 2.28. The fraction of sp³-hybridized carbons (Fsp3) is 0.750. The van der Waals surface area contributed by atoms with E-state index >= 15 is 0 Å². The minimum Gasteiger partial charge on any atom is -0.383 e. The summed E-state index contributed by atoms with van der Waals surface area (Å²) in [7, 11) is 0. The average molecular weight is 278 g/mol. The highest BCUT2D eigenvalue weighted by Gasteiger charge is 2.22. The first kappa shape index (κ1) is 16.7. The van der Waals surface area contributed by atoms with Crippen molar-refractivity contribution >= 4 is 11.6 Å².